The number of alkyl halides is 1. The topological polar surface area (TPSA) is 84.5 Å². The third kappa shape index (κ3) is 22.7. The number of Topliss-reactive ketones (excluding diaryl/α,β-unsaturated/α-hetero) is 2. The molecule has 0 amide bonds. The van der Waals surface area contributed by atoms with E-state index in [4.69, 9.17) is 5.73 Å². The third-order valence-corrected chi connectivity index (χ3v) is 6.17. The van der Waals surface area contributed by atoms with Gasteiger partial charge in [0.2, 0.25) is 0 Å². The van der Waals surface area contributed by atoms with Crippen molar-refractivity contribution in [2.24, 2.45) is 10.8 Å². The zero-order valence-electron chi connectivity index (χ0n) is 28.8. The lowest BCUT2D eigenvalue weighted by Crippen LogP contribution is -2.25. The molecule has 252 valence electrons. The quantitative estimate of drug-likeness (QED) is 0.0619. The first-order valence-corrected chi connectivity index (χ1v) is 17.3. The summed E-state index contributed by atoms with van der Waals surface area (Å²) in [5, 5.41) is 4.17. The number of hydrazone groups is 1. The summed E-state index contributed by atoms with van der Waals surface area (Å²) < 4.78 is 0. The SMILES string of the molecule is C/C(=N\NC(N)=S)c1ccccc1.CBr.CC(=O)c1ccccc1.CC(=O)c1ccccc1.CCc1ccccc1.Cc1ccccc1. The zero-order chi connectivity index (χ0) is 36.0. The Hall–Kier alpha value is -4.72. The van der Waals surface area contributed by atoms with Crippen molar-refractivity contribution in [3.63, 3.8) is 0 Å². The van der Waals surface area contributed by atoms with Crippen LogP contribution in [0, 0.1) is 6.92 Å². The summed E-state index contributed by atoms with van der Waals surface area (Å²) >= 11 is 7.56. The van der Waals surface area contributed by atoms with E-state index in [2.05, 4.69) is 88.9 Å². The Morgan fingerprint density at radius 1 is 0.604 bits per heavy atom. The number of rotatable bonds is 5. The minimum atomic E-state index is 0.121. The molecule has 0 bridgehead atoms. The third-order valence-electron chi connectivity index (χ3n) is 6.08. The Kier molecular flexibility index (Phi) is 25.7. The maximum absolute atomic E-state index is 10.6. The van der Waals surface area contributed by atoms with Gasteiger partial charge in [-0.1, -0.05) is 180 Å². The Bertz CT molecular complexity index is 1520. The van der Waals surface area contributed by atoms with Gasteiger partial charge < -0.3 is 5.73 Å². The van der Waals surface area contributed by atoms with Crippen molar-refractivity contribution in [1.29, 1.82) is 0 Å². The summed E-state index contributed by atoms with van der Waals surface area (Å²) in [5.41, 5.74) is 14.0. The number of benzene rings is 5. The molecule has 0 aliphatic carbocycles. The van der Waals surface area contributed by atoms with Crippen LogP contribution in [0.4, 0.5) is 0 Å². The maximum Gasteiger partial charge on any atom is 0.184 e. The summed E-state index contributed by atoms with van der Waals surface area (Å²) in [4.78, 5) is 21.3. The van der Waals surface area contributed by atoms with E-state index in [0.29, 0.717) is 0 Å². The summed E-state index contributed by atoms with van der Waals surface area (Å²) in [5.74, 6) is 2.05. The Balaban J connectivity index is 0.000000576. The first kappa shape index (κ1) is 43.3. The number of nitrogens with one attached hydrogen (secondary N) is 1. The number of hydrogen-bond acceptors (Lipinski definition) is 4. The number of nitrogens with two attached hydrogens (primary N) is 1. The molecule has 0 unspecified atom stereocenters. The van der Waals surface area contributed by atoms with Crippen molar-refractivity contribution in [3.05, 3.63) is 179 Å². The molecular weight excluding hydrogens is 678 g/mol. The molecule has 7 heteroatoms. The fourth-order valence-corrected chi connectivity index (χ4v) is 3.52. The molecule has 0 heterocycles. The standard InChI is InChI=1S/C9H11N3S.2C8H8O.C8H10.C7H8.CH3Br/c1-7(11-12-9(10)13)8-5-3-2-4-6-8;2*1-7(9)8-5-3-2-4-6-8;1-2-8-6-4-3-5-7-8;1-7-5-3-2-4-6-7;1-2/h2-6H,1H3,(H3,10,12,13);2*2-6H,1H3;3-7H,2H2,1H3;2-6H,1H3;1H3/b11-7+;;;;;. The highest BCUT2D eigenvalue weighted by atomic mass is 79.9. The molecule has 0 aromatic heterocycles. The Morgan fingerprint density at radius 3 is 1.15 bits per heavy atom. The largest absolute Gasteiger partial charge is 0.375 e. The average molecular weight is 727 g/mol. The van der Waals surface area contributed by atoms with Crippen LogP contribution in [0.2, 0.25) is 0 Å². The predicted octanol–water partition coefficient (Wildman–Crippen LogP) is 10.3. The van der Waals surface area contributed by atoms with E-state index in [-0.39, 0.29) is 16.7 Å². The maximum atomic E-state index is 10.6. The molecule has 0 aliphatic heterocycles. The number of nitrogens with zero attached hydrogens (tertiary/aromatic N) is 1. The van der Waals surface area contributed by atoms with Crippen molar-refractivity contribution < 1.29 is 9.59 Å². The van der Waals surface area contributed by atoms with Gasteiger partial charge in [0, 0.05) is 11.1 Å². The second-order valence-corrected chi connectivity index (χ2v) is 10.3. The lowest BCUT2D eigenvalue weighted by atomic mass is 10.1. The number of hydrogen-bond donors (Lipinski definition) is 2. The van der Waals surface area contributed by atoms with Crippen molar-refractivity contribution in [1.82, 2.24) is 5.43 Å². The Morgan fingerprint density at radius 2 is 0.917 bits per heavy atom. The lowest BCUT2D eigenvalue weighted by Gasteiger charge is -2.00. The number of ketones is 2. The molecule has 0 radical (unpaired) electrons. The second-order valence-electron chi connectivity index (χ2n) is 9.88. The molecule has 5 rings (SSSR count). The summed E-state index contributed by atoms with van der Waals surface area (Å²) in [6.45, 7) is 9.26. The van der Waals surface area contributed by atoms with Gasteiger partial charge in [0.15, 0.2) is 16.7 Å². The van der Waals surface area contributed by atoms with Crippen LogP contribution >= 0.6 is 28.1 Å². The number of carbonyl (C=O) groups excluding carboxylic acids is 2. The van der Waals surface area contributed by atoms with Crippen LogP contribution in [0.1, 0.15) is 65.1 Å². The molecule has 0 spiro atoms. The van der Waals surface area contributed by atoms with E-state index in [9.17, 15) is 9.59 Å². The average Bonchev–Trinajstić information content (AvgIpc) is 3.14. The van der Waals surface area contributed by atoms with Crippen molar-refractivity contribution in [2.45, 2.75) is 41.0 Å². The van der Waals surface area contributed by atoms with E-state index in [0.717, 1.165) is 28.8 Å². The van der Waals surface area contributed by atoms with Crippen LogP contribution in [-0.4, -0.2) is 28.2 Å². The molecule has 0 atom stereocenters. The molecular formula is C41H48BrN3O2S. The highest BCUT2D eigenvalue weighted by molar-refractivity contribution is 9.08. The highest BCUT2D eigenvalue weighted by Crippen LogP contribution is 2.00. The summed E-state index contributed by atoms with van der Waals surface area (Å²) in [6.07, 6.45) is 1.14. The van der Waals surface area contributed by atoms with Crippen LogP contribution in [0.3, 0.4) is 0 Å². The van der Waals surface area contributed by atoms with Crippen LogP contribution in [0.15, 0.2) is 157 Å². The van der Waals surface area contributed by atoms with Gasteiger partial charge in [0.05, 0.1) is 5.71 Å². The fourth-order valence-electron chi connectivity index (χ4n) is 3.48. The van der Waals surface area contributed by atoms with E-state index >= 15 is 0 Å². The first-order chi connectivity index (χ1) is 23.1. The molecule has 0 aliphatic rings. The van der Waals surface area contributed by atoms with Crippen molar-refractivity contribution >= 4 is 50.5 Å². The number of carbonyl (C=O) groups is 2. The Labute approximate surface area is 301 Å². The van der Waals surface area contributed by atoms with Crippen molar-refractivity contribution in [2.75, 3.05) is 5.83 Å². The van der Waals surface area contributed by atoms with Gasteiger partial charge in [0.25, 0.3) is 0 Å². The molecule has 3 N–H and O–H groups in total. The van der Waals surface area contributed by atoms with Gasteiger partial charge in [-0.3, -0.25) is 15.0 Å². The van der Waals surface area contributed by atoms with Crippen LogP contribution in [0.5, 0.6) is 0 Å². The molecule has 0 saturated heterocycles. The number of thiocarbonyl (C=S) groups is 1. The molecule has 48 heavy (non-hydrogen) atoms. The van der Waals surface area contributed by atoms with E-state index in [1.807, 2.05) is 128 Å². The lowest BCUT2D eigenvalue weighted by molar-refractivity contribution is 0.100. The molecule has 0 saturated carbocycles. The van der Waals surface area contributed by atoms with Crippen LogP contribution in [-0.2, 0) is 6.42 Å². The molecule has 5 aromatic carbocycles. The van der Waals surface area contributed by atoms with Gasteiger partial charge in [-0.2, -0.15) is 5.10 Å². The number of halogens is 1. The molecule has 5 aromatic rings. The smallest absolute Gasteiger partial charge is 0.184 e. The monoisotopic (exact) mass is 725 g/mol. The van der Waals surface area contributed by atoms with Gasteiger partial charge in [-0.15, -0.1) is 0 Å². The van der Waals surface area contributed by atoms with Crippen LogP contribution < -0.4 is 11.2 Å². The minimum absolute atomic E-state index is 0.121. The summed E-state index contributed by atoms with van der Waals surface area (Å²) in [6, 6.07) is 49.0. The minimum Gasteiger partial charge on any atom is -0.375 e. The molecule has 0 fully saturated rings. The van der Waals surface area contributed by atoms with E-state index < -0.39 is 0 Å². The first-order valence-electron chi connectivity index (χ1n) is 15.3. The summed E-state index contributed by atoms with van der Waals surface area (Å²) in [7, 11) is 0. The van der Waals surface area contributed by atoms with Crippen molar-refractivity contribution in [3.8, 4) is 0 Å². The highest BCUT2D eigenvalue weighted by Gasteiger charge is 1.95. The predicted molar refractivity (Wildman–Crippen MR) is 213 cm³/mol. The number of aryl methyl sites for hydroxylation is 2. The van der Waals surface area contributed by atoms with Crippen LogP contribution in [0.25, 0.3) is 0 Å². The van der Waals surface area contributed by atoms with Gasteiger partial charge in [-0.05, 0) is 63.3 Å². The van der Waals surface area contributed by atoms with E-state index in [1.165, 1.54) is 11.1 Å². The van der Waals surface area contributed by atoms with Gasteiger partial charge in [0.1, 0.15) is 0 Å². The van der Waals surface area contributed by atoms with E-state index in [1.54, 1.807) is 13.8 Å². The fraction of sp³-hybridized carbons (Fsp3) is 0.171. The van der Waals surface area contributed by atoms with Gasteiger partial charge >= 0.3 is 0 Å². The normalized spacial score (nSPS) is 9.27. The second kappa shape index (κ2) is 28.5. The van der Waals surface area contributed by atoms with Gasteiger partial charge in [-0.25, -0.2) is 0 Å². The zero-order valence-corrected chi connectivity index (χ0v) is 31.2. The molecule has 5 nitrogen and oxygen atoms in total.